The van der Waals surface area contributed by atoms with Crippen molar-refractivity contribution in [2.24, 2.45) is 5.92 Å². The monoisotopic (exact) mass is 262 g/mol. The quantitative estimate of drug-likeness (QED) is 0.672. The first-order valence-electron chi connectivity index (χ1n) is 6.36. The first-order valence-corrected chi connectivity index (χ1v) is 6.36. The van der Waals surface area contributed by atoms with E-state index in [1.54, 1.807) is 0 Å². The lowest BCUT2D eigenvalue weighted by Gasteiger charge is -2.26. The molecule has 0 unspecified atom stereocenters. The Bertz CT molecular complexity index is 441. The van der Waals surface area contributed by atoms with E-state index in [2.05, 4.69) is 4.74 Å². The van der Waals surface area contributed by atoms with Gasteiger partial charge in [0.25, 0.3) is 0 Å². The number of carbonyl (C=O) groups excluding carboxylic acids is 1. The van der Waals surface area contributed by atoms with Crippen molar-refractivity contribution < 1.29 is 19.4 Å². The molecule has 102 valence electrons. The fourth-order valence-corrected chi connectivity index (χ4v) is 2.25. The van der Waals surface area contributed by atoms with Crippen LogP contribution in [0.4, 0.5) is 4.79 Å². The van der Waals surface area contributed by atoms with Crippen molar-refractivity contribution in [3.63, 3.8) is 0 Å². The van der Waals surface area contributed by atoms with Gasteiger partial charge in [-0.3, -0.25) is 0 Å². The van der Waals surface area contributed by atoms with Crippen molar-refractivity contribution in [1.82, 2.24) is 0 Å². The Labute approximate surface area is 112 Å². The van der Waals surface area contributed by atoms with Crippen LogP contribution in [-0.4, -0.2) is 24.5 Å². The third-order valence-corrected chi connectivity index (χ3v) is 3.32. The van der Waals surface area contributed by atoms with E-state index in [0.717, 1.165) is 12.0 Å². The summed E-state index contributed by atoms with van der Waals surface area (Å²) in [7, 11) is 1.29. The molecule has 1 aliphatic carbocycles. The van der Waals surface area contributed by atoms with E-state index in [-0.39, 0.29) is 12.0 Å². The van der Waals surface area contributed by atoms with Crippen molar-refractivity contribution in [2.45, 2.75) is 25.0 Å². The molecule has 0 radical (unpaired) electrons. The molecular weight excluding hydrogens is 244 g/mol. The molecule has 0 saturated carbocycles. The van der Waals surface area contributed by atoms with E-state index in [9.17, 15) is 9.90 Å². The summed E-state index contributed by atoms with van der Waals surface area (Å²) in [6, 6.07) is 9.57. The summed E-state index contributed by atoms with van der Waals surface area (Å²) in [5, 5.41) is 10.3. The fourth-order valence-electron chi connectivity index (χ4n) is 2.25. The molecule has 0 spiro atoms. The lowest BCUT2D eigenvalue weighted by atomic mass is 9.86. The van der Waals surface area contributed by atoms with Gasteiger partial charge in [-0.2, -0.15) is 0 Å². The highest BCUT2D eigenvalue weighted by molar-refractivity contribution is 5.60. The van der Waals surface area contributed by atoms with Crippen LogP contribution < -0.4 is 0 Å². The second-order valence-electron chi connectivity index (χ2n) is 4.59. The van der Waals surface area contributed by atoms with Gasteiger partial charge in [0.05, 0.1) is 13.2 Å². The molecule has 1 aliphatic rings. The molecule has 1 N–H and O–H groups in total. The first-order chi connectivity index (χ1) is 9.20. The summed E-state index contributed by atoms with van der Waals surface area (Å²) < 4.78 is 9.50. The van der Waals surface area contributed by atoms with Gasteiger partial charge in [0.15, 0.2) is 0 Å². The van der Waals surface area contributed by atoms with Crippen LogP contribution in [0.1, 0.15) is 24.5 Å². The number of benzene rings is 1. The van der Waals surface area contributed by atoms with Crippen LogP contribution in [0.25, 0.3) is 0 Å². The standard InChI is InChI=1S/C15H18O4/c1-18-15(17)19-13-9-7-12(8-10-13)14(16)11-5-3-2-4-6-11/h2-7,9,12-14,16H,8,10H2,1H3/t12-,13-,14+/m0/s1. The number of carbonyl (C=O) groups is 1. The predicted molar refractivity (Wildman–Crippen MR) is 70.5 cm³/mol. The molecule has 3 atom stereocenters. The van der Waals surface area contributed by atoms with E-state index in [1.807, 2.05) is 42.5 Å². The van der Waals surface area contributed by atoms with Crippen molar-refractivity contribution in [3.05, 3.63) is 48.0 Å². The second-order valence-corrected chi connectivity index (χ2v) is 4.59. The number of aliphatic hydroxyl groups is 1. The summed E-state index contributed by atoms with van der Waals surface area (Å²) in [6.45, 7) is 0. The van der Waals surface area contributed by atoms with Crippen LogP contribution in [0.2, 0.25) is 0 Å². The van der Waals surface area contributed by atoms with Crippen molar-refractivity contribution >= 4 is 6.16 Å². The lowest BCUT2D eigenvalue weighted by Crippen LogP contribution is -2.23. The average molecular weight is 262 g/mol. The van der Waals surface area contributed by atoms with Gasteiger partial charge in [0, 0.05) is 5.92 Å². The summed E-state index contributed by atoms with van der Waals surface area (Å²) in [5.74, 6) is 0.0555. The molecule has 1 aromatic carbocycles. The molecule has 1 aromatic rings. The molecule has 2 rings (SSSR count). The number of ether oxygens (including phenoxy) is 2. The van der Waals surface area contributed by atoms with Gasteiger partial charge in [0.2, 0.25) is 0 Å². The van der Waals surface area contributed by atoms with Crippen LogP contribution in [0.15, 0.2) is 42.5 Å². The summed E-state index contributed by atoms with van der Waals surface area (Å²) in [4.78, 5) is 11.0. The zero-order valence-electron chi connectivity index (χ0n) is 10.9. The van der Waals surface area contributed by atoms with Crippen LogP contribution >= 0.6 is 0 Å². The Kier molecular flexibility index (Phi) is 4.58. The third kappa shape index (κ3) is 3.58. The fraction of sp³-hybridized carbons (Fsp3) is 0.400. The number of hydrogen-bond acceptors (Lipinski definition) is 4. The molecular formula is C15H18O4. The van der Waals surface area contributed by atoms with Crippen molar-refractivity contribution in [3.8, 4) is 0 Å². The van der Waals surface area contributed by atoms with Gasteiger partial charge in [-0.05, 0) is 24.5 Å². The number of rotatable bonds is 3. The molecule has 0 heterocycles. The SMILES string of the molecule is COC(=O)O[C@H]1C=C[C@H]([C@H](O)c2ccccc2)CC1. The van der Waals surface area contributed by atoms with Crippen LogP contribution in [0.3, 0.4) is 0 Å². The Balaban J connectivity index is 1.95. The Hall–Kier alpha value is -1.81. The van der Waals surface area contributed by atoms with Crippen molar-refractivity contribution in [2.75, 3.05) is 7.11 Å². The maximum atomic E-state index is 11.0. The number of hydrogen-bond donors (Lipinski definition) is 1. The van der Waals surface area contributed by atoms with E-state index in [0.29, 0.717) is 6.42 Å². The summed E-state index contributed by atoms with van der Waals surface area (Å²) in [5.41, 5.74) is 0.907. The van der Waals surface area contributed by atoms with Gasteiger partial charge >= 0.3 is 6.16 Å². The average Bonchev–Trinajstić information content (AvgIpc) is 2.48. The molecule has 0 fully saturated rings. The maximum absolute atomic E-state index is 11.0. The first kappa shape index (κ1) is 13.6. The van der Waals surface area contributed by atoms with Crippen LogP contribution in [0, 0.1) is 5.92 Å². The Morgan fingerprint density at radius 3 is 2.58 bits per heavy atom. The minimum Gasteiger partial charge on any atom is -0.438 e. The second kappa shape index (κ2) is 6.38. The highest BCUT2D eigenvalue weighted by Crippen LogP contribution is 2.31. The molecule has 4 heteroatoms. The largest absolute Gasteiger partial charge is 0.508 e. The zero-order valence-corrected chi connectivity index (χ0v) is 10.9. The molecule has 0 aromatic heterocycles. The van der Waals surface area contributed by atoms with E-state index >= 15 is 0 Å². The highest BCUT2D eigenvalue weighted by atomic mass is 16.7. The Morgan fingerprint density at radius 2 is 2.00 bits per heavy atom. The highest BCUT2D eigenvalue weighted by Gasteiger charge is 2.24. The third-order valence-electron chi connectivity index (χ3n) is 3.32. The van der Waals surface area contributed by atoms with Gasteiger partial charge in [0.1, 0.15) is 6.10 Å². The lowest BCUT2D eigenvalue weighted by molar-refractivity contribution is 0.0407. The zero-order chi connectivity index (χ0) is 13.7. The smallest absolute Gasteiger partial charge is 0.438 e. The minimum absolute atomic E-state index is 0.0555. The van der Waals surface area contributed by atoms with E-state index in [4.69, 9.17) is 4.74 Å². The molecule has 0 aliphatic heterocycles. The molecule has 0 amide bonds. The Morgan fingerprint density at radius 1 is 1.26 bits per heavy atom. The molecule has 0 bridgehead atoms. The summed E-state index contributed by atoms with van der Waals surface area (Å²) >= 11 is 0. The maximum Gasteiger partial charge on any atom is 0.508 e. The number of aliphatic hydroxyl groups excluding tert-OH is 1. The van der Waals surface area contributed by atoms with E-state index in [1.165, 1.54) is 7.11 Å². The molecule has 0 saturated heterocycles. The van der Waals surface area contributed by atoms with Crippen molar-refractivity contribution in [1.29, 1.82) is 0 Å². The predicted octanol–water partition coefficient (Wildman–Crippen LogP) is 2.84. The van der Waals surface area contributed by atoms with Gasteiger partial charge in [-0.15, -0.1) is 0 Å². The van der Waals surface area contributed by atoms with Crippen LogP contribution in [-0.2, 0) is 9.47 Å². The van der Waals surface area contributed by atoms with Gasteiger partial charge in [-0.1, -0.05) is 36.4 Å². The van der Waals surface area contributed by atoms with Gasteiger partial charge < -0.3 is 14.6 Å². The molecule has 19 heavy (non-hydrogen) atoms. The topological polar surface area (TPSA) is 55.8 Å². The normalized spacial score (nSPS) is 23.7. The number of methoxy groups -OCH3 is 1. The molecule has 4 nitrogen and oxygen atoms in total. The minimum atomic E-state index is -0.670. The van der Waals surface area contributed by atoms with Gasteiger partial charge in [-0.25, -0.2) is 4.79 Å². The van der Waals surface area contributed by atoms with E-state index < -0.39 is 12.3 Å². The summed E-state index contributed by atoms with van der Waals surface area (Å²) in [6.07, 6.45) is 3.75. The van der Waals surface area contributed by atoms with Crippen LogP contribution in [0.5, 0.6) is 0 Å².